The van der Waals surface area contributed by atoms with Gasteiger partial charge in [-0.15, -0.1) is 0 Å². The summed E-state index contributed by atoms with van der Waals surface area (Å²) in [5.74, 6) is -0.318. The molecule has 0 fully saturated rings. The van der Waals surface area contributed by atoms with Gasteiger partial charge in [0.25, 0.3) is 0 Å². The zero-order valence-electron chi connectivity index (χ0n) is 7.81. The van der Waals surface area contributed by atoms with Gasteiger partial charge in [0.15, 0.2) is 6.29 Å². The van der Waals surface area contributed by atoms with E-state index >= 15 is 0 Å². The molecule has 5 nitrogen and oxygen atoms in total. The standard InChI is InChI=1S/C9H9NO4/c1-13-8-4-3-6(9(12)14-2)7(5-11)10-8/h3-5H,1-2H3. The van der Waals surface area contributed by atoms with Gasteiger partial charge in [0, 0.05) is 6.07 Å². The highest BCUT2D eigenvalue weighted by molar-refractivity contribution is 5.97. The molecule has 0 atom stereocenters. The molecule has 5 heteroatoms. The Hall–Kier alpha value is -1.91. The molecule has 0 amide bonds. The van der Waals surface area contributed by atoms with E-state index in [2.05, 4.69) is 9.72 Å². The molecule has 0 aliphatic carbocycles. The Morgan fingerprint density at radius 2 is 2.14 bits per heavy atom. The highest BCUT2D eigenvalue weighted by Crippen LogP contribution is 2.12. The lowest BCUT2D eigenvalue weighted by Crippen LogP contribution is -2.07. The van der Waals surface area contributed by atoms with Gasteiger partial charge in [0.1, 0.15) is 5.69 Å². The first-order valence-electron chi connectivity index (χ1n) is 3.81. The lowest BCUT2D eigenvalue weighted by molar-refractivity contribution is 0.0597. The summed E-state index contributed by atoms with van der Waals surface area (Å²) in [4.78, 5) is 25.5. The molecule has 0 saturated heterocycles. The molecule has 0 aromatic carbocycles. The summed E-state index contributed by atoms with van der Waals surface area (Å²) < 4.78 is 9.28. The van der Waals surface area contributed by atoms with Crippen molar-refractivity contribution >= 4 is 12.3 Å². The van der Waals surface area contributed by atoms with Crippen LogP contribution < -0.4 is 4.74 Å². The van der Waals surface area contributed by atoms with Crippen LogP contribution in [0.5, 0.6) is 5.88 Å². The van der Waals surface area contributed by atoms with E-state index in [4.69, 9.17) is 4.74 Å². The van der Waals surface area contributed by atoms with E-state index in [0.29, 0.717) is 6.29 Å². The minimum absolute atomic E-state index is 0.0104. The lowest BCUT2D eigenvalue weighted by Gasteiger charge is -2.03. The van der Waals surface area contributed by atoms with Crippen LogP contribution in [-0.2, 0) is 4.74 Å². The number of esters is 1. The fraction of sp³-hybridized carbons (Fsp3) is 0.222. The average Bonchev–Trinajstić information content (AvgIpc) is 2.27. The van der Waals surface area contributed by atoms with Gasteiger partial charge in [0.05, 0.1) is 19.8 Å². The highest BCUT2D eigenvalue weighted by Gasteiger charge is 2.13. The average molecular weight is 195 g/mol. The van der Waals surface area contributed by atoms with Crippen LogP contribution in [0.25, 0.3) is 0 Å². The van der Waals surface area contributed by atoms with Crippen molar-refractivity contribution < 1.29 is 19.1 Å². The number of nitrogens with zero attached hydrogens (tertiary/aromatic N) is 1. The molecule has 0 aliphatic heterocycles. The predicted molar refractivity (Wildman–Crippen MR) is 47.5 cm³/mol. The van der Waals surface area contributed by atoms with Crippen molar-refractivity contribution in [1.29, 1.82) is 0 Å². The molecular weight excluding hydrogens is 186 g/mol. The fourth-order valence-electron chi connectivity index (χ4n) is 0.942. The molecule has 0 N–H and O–H groups in total. The number of carbonyl (C=O) groups is 2. The molecule has 1 heterocycles. The summed E-state index contributed by atoms with van der Waals surface area (Å²) in [5, 5.41) is 0. The van der Waals surface area contributed by atoms with Crippen LogP contribution in [0.3, 0.4) is 0 Å². The van der Waals surface area contributed by atoms with E-state index < -0.39 is 5.97 Å². The van der Waals surface area contributed by atoms with Gasteiger partial charge in [-0.3, -0.25) is 4.79 Å². The zero-order chi connectivity index (χ0) is 10.6. The number of carbonyl (C=O) groups excluding carboxylic acids is 2. The van der Waals surface area contributed by atoms with Crippen molar-refractivity contribution in [3.8, 4) is 5.88 Å². The quantitative estimate of drug-likeness (QED) is 0.524. The number of hydrogen-bond acceptors (Lipinski definition) is 5. The first-order valence-corrected chi connectivity index (χ1v) is 3.81. The summed E-state index contributed by atoms with van der Waals surface area (Å²) in [5.41, 5.74) is 0.138. The van der Waals surface area contributed by atoms with E-state index in [1.807, 2.05) is 0 Å². The van der Waals surface area contributed by atoms with Crippen LogP contribution in [-0.4, -0.2) is 31.5 Å². The molecule has 1 rings (SSSR count). The maximum Gasteiger partial charge on any atom is 0.340 e. The first-order chi connectivity index (χ1) is 6.72. The van der Waals surface area contributed by atoms with Crippen LogP contribution in [0.1, 0.15) is 20.8 Å². The number of rotatable bonds is 3. The van der Waals surface area contributed by atoms with Gasteiger partial charge in [-0.25, -0.2) is 9.78 Å². The summed E-state index contributed by atoms with van der Waals surface area (Å²) in [6.07, 6.45) is 0.481. The van der Waals surface area contributed by atoms with Gasteiger partial charge in [-0.1, -0.05) is 0 Å². The molecule has 74 valence electrons. The molecule has 0 unspecified atom stereocenters. The van der Waals surface area contributed by atoms with Crippen molar-refractivity contribution in [3.63, 3.8) is 0 Å². The normalized spacial score (nSPS) is 9.29. The molecule has 1 aromatic rings. The van der Waals surface area contributed by atoms with Gasteiger partial charge in [-0.2, -0.15) is 0 Å². The monoisotopic (exact) mass is 195 g/mol. The topological polar surface area (TPSA) is 65.5 Å². The van der Waals surface area contributed by atoms with Crippen LogP contribution in [0, 0.1) is 0 Å². The molecule has 0 saturated carbocycles. The second-order valence-electron chi connectivity index (χ2n) is 2.40. The van der Waals surface area contributed by atoms with E-state index in [9.17, 15) is 9.59 Å². The van der Waals surface area contributed by atoms with Crippen LogP contribution in [0.15, 0.2) is 12.1 Å². The van der Waals surface area contributed by atoms with Crippen molar-refractivity contribution in [1.82, 2.24) is 4.98 Å². The molecule has 0 radical (unpaired) electrons. The predicted octanol–water partition coefficient (Wildman–Crippen LogP) is 0.689. The van der Waals surface area contributed by atoms with E-state index in [-0.39, 0.29) is 17.1 Å². The Balaban J connectivity index is 3.17. The largest absolute Gasteiger partial charge is 0.481 e. The number of ether oxygens (including phenoxy) is 2. The van der Waals surface area contributed by atoms with Crippen LogP contribution in [0.4, 0.5) is 0 Å². The molecule has 0 spiro atoms. The van der Waals surface area contributed by atoms with Gasteiger partial charge in [-0.05, 0) is 6.07 Å². The Labute approximate surface area is 80.7 Å². The molecule has 0 aliphatic rings. The number of hydrogen-bond donors (Lipinski definition) is 0. The Morgan fingerprint density at radius 1 is 1.43 bits per heavy atom. The summed E-state index contributed by atoms with van der Waals surface area (Å²) in [6, 6.07) is 2.92. The summed E-state index contributed by atoms with van der Waals surface area (Å²) >= 11 is 0. The Kier molecular flexibility index (Phi) is 3.17. The van der Waals surface area contributed by atoms with Gasteiger partial charge < -0.3 is 9.47 Å². The van der Waals surface area contributed by atoms with E-state index in [1.54, 1.807) is 0 Å². The first kappa shape index (κ1) is 10.2. The van der Waals surface area contributed by atoms with Crippen molar-refractivity contribution in [3.05, 3.63) is 23.4 Å². The Bertz CT molecular complexity index is 362. The minimum Gasteiger partial charge on any atom is -0.481 e. The number of aromatic nitrogens is 1. The minimum atomic E-state index is -0.595. The molecular formula is C9H9NO4. The third-order valence-electron chi connectivity index (χ3n) is 1.63. The van der Waals surface area contributed by atoms with Gasteiger partial charge in [0.2, 0.25) is 5.88 Å². The molecule has 1 aromatic heterocycles. The SMILES string of the molecule is COC(=O)c1ccc(OC)nc1C=O. The second kappa shape index (κ2) is 4.36. The number of pyridine rings is 1. The second-order valence-corrected chi connectivity index (χ2v) is 2.40. The maximum absolute atomic E-state index is 11.1. The molecule has 0 bridgehead atoms. The Morgan fingerprint density at radius 3 is 2.64 bits per heavy atom. The maximum atomic E-state index is 11.1. The van der Waals surface area contributed by atoms with Gasteiger partial charge >= 0.3 is 5.97 Å². The van der Waals surface area contributed by atoms with Crippen LogP contribution >= 0.6 is 0 Å². The fourth-order valence-corrected chi connectivity index (χ4v) is 0.942. The summed E-state index contributed by atoms with van der Waals surface area (Å²) in [6.45, 7) is 0. The summed E-state index contributed by atoms with van der Waals surface area (Å²) in [7, 11) is 2.66. The highest BCUT2D eigenvalue weighted by atomic mass is 16.5. The van der Waals surface area contributed by atoms with Crippen molar-refractivity contribution in [2.45, 2.75) is 0 Å². The zero-order valence-corrected chi connectivity index (χ0v) is 7.81. The smallest absolute Gasteiger partial charge is 0.340 e. The van der Waals surface area contributed by atoms with E-state index in [0.717, 1.165) is 0 Å². The van der Waals surface area contributed by atoms with Crippen molar-refractivity contribution in [2.75, 3.05) is 14.2 Å². The molecule has 14 heavy (non-hydrogen) atoms. The number of aldehydes is 1. The third-order valence-corrected chi connectivity index (χ3v) is 1.63. The van der Waals surface area contributed by atoms with Crippen molar-refractivity contribution in [2.24, 2.45) is 0 Å². The lowest BCUT2D eigenvalue weighted by atomic mass is 10.2. The number of methoxy groups -OCH3 is 2. The van der Waals surface area contributed by atoms with E-state index in [1.165, 1.54) is 26.4 Å². The van der Waals surface area contributed by atoms with Crippen LogP contribution in [0.2, 0.25) is 0 Å². The third kappa shape index (κ3) is 1.87.